The Hall–Kier alpha value is -2.45. The predicted octanol–water partition coefficient (Wildman–Crippen LogP) is 2.61. The van der Waals surface area contributed by atoms with Crippen LogP contribution in [0, 0.1) is 0 Å². The van der Waals surface area contributed by atoms with E-state index in [-0.39, 0.29) is 10.5 Å². The Morgan fingerprint density at radius 2 is 1.92 bits per heavy atom. The van der Waals surface area contributed by atoms with Crippen LogP contribution in [0.1, 0.15) is 42.3 Å². The molecule has 138 valence electrons. The number of sulfonamides is 1. The van der Waals surface area contributed by atoms with Crippen LogP contribution in [-0.4, -0.2) is 37.4 Å². The van der Waals surface area contributed by atoms with Crippen LogP contribution < -0.4 is 5.43 Å². The second-order valence-corrected chi connectivity index (χ2v) is 8.05. The molecule has 0 unspecified atom stereocenters. The molecule has 1 aliphatic heterocycles. The summed E-state index contributed by atoms with van der Waals surface area (Å²) in [6.07, 6.45) is 4.28. The summed E-state index contributed by atoms with van der Waals surface area (Å²) in [5.74, 6) is 0.0679. The predicted molar refractivity (Wildman–Crippen MR) is 97.4 cm³/mol. The van der Waals surface area contributed by atoms with Crippen molar-refractivity contribution in [3.05, 3.63) is 54.0 Å². The van der Waals surface area contributed by atoms with Gasteiger partial charge in [-0.3, -0.25) is 4.79 Å². The summed E-state index contributed by atoms with van der Waals surface area (Å²) in [7, 11) is -3.58. The van der Waals surface area contributed by atoms with E-state index in [2.05, 4.69) is 10.5 Å². The van der Waals surface area contributed by atoms with Gasteiger partial charge in [0.25, 0.3) is 5.91 Å². The van der Waals surface area contributed by atoms with E-state index in [1.54, 1.807) is 31.2 Å². The van der Waals surface area contributed by atoms with Crippen LogP contribution in [-0.2, 0) is 10.0 Å². The van der Waals surface area contributed by atoms with Crippen molar-refractivity contribution in [2.24, 2.45) is 5.10 Å². The molecule has 2 heterocycles. The smallest absolute Gasteiger partial charge is 0.271 e. The molecule has 1 fully saturated rings. The molecule has 1 aromatic heterocycles. The lowest BCUT2D eigenvalue weighted by atomic mass is 10.2. The second kappa shape index (κ2) is 7.84. The normalized spacial score (nSPS) is 16.4. The Balaban J connectivity index is 1.76. The molecular weight excluding hydrogens is 354 g/mol. The van der Waals surface area contributed by atoms with Crippen molar-refractivity contribution in [1.29, 1.82) is 0 Å². The summed E-state index contributed by atoms with van der Waals surface area (Å²) in [5.41, 5.74) is 3.18. The molecule has 1 aromatic carbocycles. The first-order valence-electron chi connectivity index (χ1n) is 8.47. The van der Waals surface area contributed by atoms with Gasteiger partial charge in [-0.15, -0.1) is 0 Å². The van der Waals surface area contributed by atoms with Gasteiger partial charge in [0.15, 0.2) is 0 Å². The number of rotatable bonds is 5. The number of hydrogen-bond donors (Lipinski definition) is 1. The minimum atomic E-state index is -3.58. The lowest BCUT2D eigenvalue weighted by Gasteiger charge is -2.25. The molecule has 1 amide bonds. The Labute approximate surface area is 152 Å². The van der Waals surface area contributed by atoms with E-state index < -0.39 is 15.9 Å². The van der Waals surface area contributed by atoms with Gasteiger partial charge in [-0.05, 0) is 50.1 Å². The Morgan fingerprint density at radius 1 is 1.15 bits per heavy atom. The van der Waals surface area contributed by atoms with Crippen LogP contribution in [0.5, 0.6) is 0 Å². The number of nitrogens with one attached hydrogen (secondary N) is 1. The van der Waals surface area contributed by atoms with E-state index >= 15 is 0 Å². The zero-order valence-corrected chi connectivity index (χ0v) is 15.3. The molecule has 0 radical (unpaired) electrons. The maximum atomic E-state index is 12.7. The SMILES string of the molecule is CC(=NNC(=O)c1cccc(S(=O)(=O)N2CCCCC2)c1)c1ccco1. The van der Waals surface area contributed by atoms with Gasteiger partial charge < -0.3 is 4.42 Å². The molecule has 0 bridgehead atoms. The quantitative estimate of drug-likeness (QED) is 0.642. The maximum Gasteiger partial charge on any atom is 0.271 e. The van der Waals surface area contributed by atoms with Gasteiger partial charge in [0.1, 0.15) is 11.5 Å². The zero-order chi connectivity index (χ0) is 18.6. The van der Waals surface area contributed by atoms with Crippen molar-refractivity contribution in [3.8, 4) is 0 Å². The molecule has 1 N–H and O–H groups in total. The summed E-state index contributed by atoms with van der Waals surface area (Å²) in [6.45, 7) is 2.74. The van der Waals surface area contributed by atoms with Crippen LogP contribution in [0.3, 0.4) is 0 Å². The minimum Gasteiger partial charge on any atom is -0.463 e. The number of carbonyl (C=O) groups is 1. The van der Waals surface area contributed by atoms with E-state index in [4.69, 9.17) is 4.42 Å². The van der Waals surface area contributed by atoms with Crippen molar-refractivity contribution in [2.75, 3.05) is 13.1 Å². The van der Waals surface area contributed by atoms with Gasteiger partial charge in [0.05, 0.1) is 11.2 Å². The van der Waals surface area contributed by atoms with E-state index in [1.807, 2.05) is 0 Å². The third-order valence-electron chi connectivity index (χ3n) is 4.25. The number of carbonyl (C=O) groups excluding carboxylic acids is 1. The standard InChI is InChI=1S/C18H21N3O4S/c1-14(17-9-6-12-25-17)19-20-18(22)15-7-5-8-16(13-15)26(23,24)21-10-3-2-4-11-21/h5-9,12-13H,2-4,10-11H2,1H3,(H,20,22). The highest BCUT2D eigenvalue weighted by molar-refractivity contribution is 7.89. The van der Waals surface area contributed by atoms with Crippen molar-refractivity contribution in [2.45, 2.75) is 31.1 Å². The van der Waals surface area contributed by atoms with E-state index in [0.717, 1.165) is 19.3 Å². The number of benzene rings is 1. The maximum absolute atomic E-state index is 12.7. The minimum absolute atomic E-state index is 0.124. The van der Waals surface area contributed by atoms with Crippen LogP contribution in [0.4, 0.5) is 0 Å². The third-order valence-corrected chi connectivity index (χ3v) is 6.15. The van der Waals surface area contributed by atoms with E-state index in [9.17, 15) is 13.2 Å². The van der Waals surface area contributed by atoms with Gasteiger partial charge in [-0.1, -0.05) is 12.5 Å². The molecule has 0 atom stereocenters. The number of hydrogen-bond acceptors (Lipinski definition) is 5. The first-order valence-corrected chi connectivity index (χ1v) is 9.91. The fourth-order valence-electron chi connectivity index (χ4n) is 2.79. The number of amides is 1. The Bertz CT molecular complexity index is 898. The van der Waals surface area contributed by atoms with Crippen molar-refractivity contribution in [3.63, 3.8) is 0 Å². The number of nitrogens with zero attached hydrogens (tertiary/aromatic N) is 2. The average Bonchev–Trinajstić information content (AvgIpc) is 3.21. The van der Waals surface area contributed by atoms with Crippen LogP contribution >= 0.6 is 0 Å². The summed E-state index contributed by atoms with van der Waals surface area (Å²) in [5, 5.41) is 3.99. The molecule has 8 heteroatoms. The van der Waals surface area contributed by atoms with E-state index in [1.165, 1.54) is 22.7 Å². The molecule has 1 saturated heterocycles. The van der Waals surface area contributed by atoms with Crippen LogP contribution in [0.2, 0.25) is 0 Å². The monoisotopic (exact) mass is 375 g/mol. The van der Waals surface area contributed by atoms with Crippen LogP contribution in [0.25, 0.3) is 0 Å². The van der Waals surface area contributed by atoms with Gasteiger partial charge in [-0.25, -0.2) is 13.8 Å². The highest BCUT2D eigenvalue weighted by Gasteiger charge is 2.26. The average molecular weight is 375 g/mol. The fraction of sp³-hybridized carbons (Fsp3) is 0.333. The van der Waals surface area contributed by atoms with Crippen LogP contribution in [0.15, 0.2) is 57.1 Å². The van der Waals surface area contributed by atoms with Gasteiger partial charge in [0, 0.05) is 18.7 Å². The molecular formula is C18H21N3O4S. The zero-order valence-electron chi connectivity index (χ0n) is 14.5. The first kappa shape index (κ1) is 18.3. The molecule has 0 saturated carbocycles. The summed E-state index contributed by atoms with van der Waals surface area (Å²) < 4.78 is 32.2. The molecule has 1 aliphatic rings. The van der Waals surface area contributed by atoms with Gasteiger partial charge in [0.2, 0.25) is 10.0 Å². The summed E-state index contributed by atoms with van der Waals surface area (Å²) >= 11 is 0. The van der Waals surface area contributed by atoms with Crippen molar-refractivity contribution >= 4 is 21.6 Å². The lowest BCUT2D eigenvalue weighted by Crippen LogP contribution is -2.35. The molecule has 0 aliphatic carbocycles. The number of piperidine rings is 1. The molecule has 0 spiro atoms. The molecule has 7 nitrogen and oxygen atoms in total. The Morgan fingerprint density at radius 3 is 2.62 bits per heavy atom. The highest BCUT2D eigenvalue weighted by atomic mass is 32.2. The second-order valence-electron chi connectivity index (χ2n) is 6.11. The third kappa shape index (κ3) is 4.03. The lowest BCUT2D eigenvalue weighted by molar-refractivity contribution is 0.0954. The summed E-state index contributed by atoms with van der Waals surface area (Å²) in [4.78, 5) is 12.4. The topological polar surface area (TPSA) is 92.0 Å². The van der Waals surface area contributed by atoms with Crippen molar-refractivity contribution < 1.29 is 17.6 Å². The van der Waals surface area contributed by atoms with Gasteiger partial charge >= 0.3 is 0 Å². The fourth-order valence-corrected chi connectivity index (χ4v) is 4.35. The number of hydrazone groups is 1. The highest BCUT2D eigenvalue weighted by Crippen LogP contribution is 2.21. The molecule has 2 aromatic rings. The number of furan rings is 1. The van der Waals surface area contributed by atoms with Crippen molar-refractivity contribution in [1.82, 2.24) is 9.73 Å². The largest absolute Gasteiger partial charge is 0.463 e. The van der Waals surface area contributed by atoms with Gasteiger partial charge in [-0.2, -0.15) is 9.41 Å². The summed E-state index contributed by atoms with van der Waals surface area (Å²) in [6, 6.07) is 9.48. The molecule has 26 heavy (non-hydrogen) atoms. The van der Waals surface area contributed by atoms with E-state index in [0.29, 0.717) is 24.6 Å². The molecule has 3 rings (SSSR count). The first-order chi connectivity index (χ1) is 12.5. The Kier molecular flexibility index (Phi) is 5.53.